The van der Waals surface area contributed by atoms with Crippen LogP contribution in [0.3, 0.4) is 0 Å². The highest BCUT2D eigenvalue weighted by Crippen LogP contribution is 2.39. The number of phenols is 1. The topological polar surface area (TPSA) is 133 Å². The Hall–Kier alpha value is -4.34. The molecular formula is C27H28N4O6. The van der Waals surface area contributed by atoms with Crippen molar-refractivity contribution in [2.75, 3.05) is 20.2 Å². The van der Waals surface area contributed by atoms with Gasteiger partial charge in [0.1, 0.15) is 28.7 Å². The molecule has 0 spiro atoms. The molecule has 2 aromatic rings. The molecule has 0 saturated carbocycles. The van der Waals surface area contributed by atoms with Crippen molar-refractivity contribution in [3.8, 4) is 5.75 Å². The maximum atomic E-state index is 13.2. The van der Waals surface area contributed by atoms with Gasteiger partial charge in [-0.1, -0.05) is 25.1 Å². The number of rotatable bonds is 5. The van der Waals surface area contributed by atoms with Crippen molar-refractivity contribution in [2.24, 2.45) is 10.9 Å². The summed E-state index contributed by atoms with van der Waals surface area (Å²) in [6.07, 6.45) is 6.53. The van der Waals surface area contributed by atoms with E-state index in [1.165, 1.54) is 7.11 Å². The summed E-state index contributed by atoms with van der Waals surface area (Å²) in [4.78, 5) is 44.9. The molecule has 1 aromatic heterocycles. The molecule has 0 radical (unpaired) electrons. The van der Waals surface area contributed by atoms with Gasteiger partial charge >= 0.3 is 6.03 Å². The number of hydrogen-bond donors (Lipinski definition) is 3. The second kappa shape index (κ2) is 9.61. The van der Waals surface area contributed by atoms with Gasteiger partial charge in [0.15, 0.2) is 5.54 Å². The second-order valence-corrected chi connectivity index (χ2v) is 9.41. The molecule has 0 bridgehead atoms. The zero-order valence-corrected chi connectivity index (χ0v) is 20.6. The maximum absolute atomic E-state index is 13.2. The van der Waals surface area contributed by atoms with Gasteiger partial charge in [0.05, 0.1) is 19.4 Å². The Kier molecular flexibility index (Phi) is 6.32. The van der Waals surface area contributed by atoms with Crippen molar-refractivity contribution < 1.29 is 28.6 Å². The van der Waals surface area contributed by atoms with E-state index in [2.05, 4.69) is 10.6 Å². The van der Waals surface area contributed by atoms with E-state index in [0.717, 1.165) is 11.3 Å². The van der Waals surface area contributed by atoms with Gasteiger partial charge in [-0.2, -0.15) is 0 Å². The summed E-state index contributed by atoms with van der Waals surface area (Å²) in [5.74, 6) is 0.725. The number of fused-ring (bicyclic) bond motifs is 1. The molecule has 2 atom stereocenters. The SMILES string of the molecule is COC1=CCC(=O)N(CC2(c3cc4c(o3)CC(C)C(c3cccc(O)c3)=N4)NC(=O)NC2=O)CCC=C1. The molecule has 1 fully saturated rings. The van der Waals surface area contributed by atoms with Crippen molar-refractivity contribution >= 4 is 29.2 Å². The van der Waals surface area contributed by atoms with E-state index >= 15 is 0 Å². The van der Waals surface area contributed by atoms with E-state index in [4.69, 9.17) is 14.1 Å². The van der Waals surface area contributed by atoms with Crippen LogP contribution in [0.25, 0.3) is 0 Å². The van der Waals surface area contributed by atoms with Gasteiger partial charge < -0.3 is 24.5 Å². The molecule has 5 rings (SSSR count). The molecule has 37 heavy (non-hydrogen) atoms. The monoisotopic (exact) mass is 504 g/mol. The molecule has 0 aliphatic carbocycles. The number of nitrogens with zero attached hydrogens (tertiary/aromatic N) is 2. The van der Waals surface area contributed by atoms with Crippen LogP contribution in [0.2, 0.25) is 0 Å². The highest BCUT2D eigenvalue weighted by atomic mass is 16.5. The summed E-state index contributed by atoms with van der Waals surface area (Å²) in [6.45, 7) is 2.26. The number of imide groups is 1. The number of amides is 4. The first-order valence-electron chi connectivity index (χ1n) is 12.1. The van der Waals surface area contributed by atoms with Crippen molar-refractivity contribution in [2.45, 2.75) is 31.7 Å². The molecule has 3 N–H and O–H groups in total. The maximum Gasteiger partial charge on any atom is 0.322 e. The minimum atomic E-state index is -1.60. The Labute approximate surface area is 213 Å². The zero-order valence-electron chi connectivity index (χ0n) is 20.6. The number of nitrogens with one attached hydrogen (secondary N) is 2. The van der Waals surface area contributed by atoms with Crippen molar-refractivity contribution in [3.05, 3.63) is 71.4 Å². The van der Waals surface area contributed by atoms with Crippen molar-refractivity contribution in [1.29, 1.82) is 0 Å². The number of aromatic hydroxyl groups is 1. The minimum absolute atomic E-state index is 0.00974. The lowest BCUT2D eigenvalue weighted by Gasteiger charge is -2.31. The van der Waals surface area contributed by atoms with E-state index in [1.54, 1.807) is 41.3 Å². The standard InChI is InChI=1S/C27H28N4O6/c1-16-12-21-20(28-24(16)17-6-5-7-18(32)13-17)14-22(37-21)27(25(34)29-26(35)30-27)15-31-11-4-3-8-19(36-2)9-10-23(31)33/h3,5-9,13-14,16,32H,4,10-12,15H2,1-2H3,(H2,29,30,34,35). The Morgan fingerprint density at radius 3 is 2.84 bits per heavy atom. The molecular weight excluding hydrogens is 476 g/mol. The summed E-state index contributed by atoms with van der Waals surface area (Å²) < 4.78 is 11.4. The largest absolute Gasteiger partial charge is 0.508 e. The summed E-state index contributed by atoms with van der Waals surface area (Å²) >= 11 is 0. The number of allylic oxidation sites excluding steroid dienone is 1. The Bertz CT molecular complexity index is 1360. The van der Waals surface area contributed by atoms with Gasteiger partial charge in [0, 0.05) is 31.4 Å². The zero-order chi connectivity index (χ0) is 26.2. The molecule has 10 nitrogen and oxygen atoms in total. The summed E-state index contributed by atoms with van der Waals surface area (Å²) in [7, 11) is 1.54. The number of benzene rings is 1. The third kappa shape index (κ3) is 4.62. The Balaban J connectivity index is 1.50. The van der Waals surface area contributed by atoms with Gasteiger partial charge in [-0.25, -0.2) is 9.79 Å². The van der Waals surface area contributed by atoms with Crippen LogP contribution < -0.4 is 10.6 Å². The first-order valence-corrected chi connectivity index (χ1v) is 12.1. The second-order valence-electron chi connectivity index (χ2n) is 9.41. The van der Waals surface area contributed by atoms with Crippen molar-refractivity contribution in [3.63, 3.8) is 0 Å². The number of phenolic OH excluding ortho intramolecular Hbond substituents is 1. The predicted molar refractivity (Wildman–Crippen MR) is 134 cm³/mol. The van der Waals surface area contributed by atoms with E-state index < -0.39 is 17.5 Å². The lowest BCUT2D eigenvalue weighted by molar-refractivity contribution is -0.133. The van der Waals surface area contributed by atoms with Crippen LogP contribution >= 0.6 is 0 Å². The molecule has 3 aliphatic heterocycles. The number of methoxy groups -OCH3 is 1. The Morgan fingerprint density at radius 1 is 1.27 bits per heavy atom. The molecule has 4 heterocycles. The van der Waals surface area contributed by atoms with Crippen LogP contribution in [0.1, 0.15) is 36.8 Å². The highest BCUT2D eigenvalue weighted by Gasteiger charge is 2.52. The number of carbonyl (C=O) groups is 3. The molecule has 1 aromatic carbocycles. The number of hydrogen-bond acceptors (Lipinski definition) is 7. The third-order valence-corrected chi connectivity index (χ3v) is 6.83. The average Bonchev–Trinajstić information content (AvgIpc) is 3.43. The predicted octanol–water partition coefficient (Wildman–Crippen LogP) is 3.04. The molecule has 3 aliphatic rings. The fraction of sp³-hybridized carbons (Fsp3) is 0.333. The third-order valence-electron chi connectivity index (χ3n) is 6.83. The summed E-state index contributed by atoms with van der Waals surface area (Å²) in [6, 6.07) is 7.88. The molecule has 10 heteroatoms. The van der Waals surface area contributed by atoms with Gasteiger partial charge in [0.2, 0.25) is 5.91 Å². The fourth-order valence-corrected chi connectivity index (χ4v) is 4.90. The van der Waals surface area contributed by atoms with Gasteiger partial charge in [-0.3, -0.25) is 14.9 Å². The van der Waals surface area contributed by atoms with Gasteiger partial charge in [-0.15, -0.1) is 0 Å². The molecule has 1 saturated heterocycles. The van der Waals surface area contributed by atoms with Crippen LogP contribution in [0.15, 0.2) is 63.7 Å². The Morgan fingerprint density at radius 2 is 2.11 bits per heavy atom. The number of furan rings is 1. The van der Waals surface area contributed by atoms with E-state index in [0.29, 0.717) is 36.6 Å². The summed E-state index contributed by atoms with van der Waals surface area (Å²) in [5.41, 5.74) is 0.527. The van der Waals surface area contributed by atoms with Crippen LogP contribution in [0, 0.1) is 5.92 Å². The molecule has 4 amide bonds. The number of carbonyl (C=O) groups excluding carboxylic acids is 3. The molecule has 2 unspecified atom stereocenters. The average molecular weight is 505 g/mol. The summed E-state index contributed by atoms with van der Waals surface area (Å²) in [5, 5.41) is 14.9. The van der Waals surface area contributed by atoms with Crippen LogP contribution in [-0.4, -0.2) is 53.8 Å². The highest BCUT2D eigenvalue weighted by molar-refractivity contribution is 6.08. The minimum Gasteiger partial charge on any atom is -0.508 e. The van der Waals surface area contributed by atoms with E-state index in [9.17, 15) is 19.5 Å². The van der Waals surface area contributed by atoms with E-state index in [-0.39, 0.29) is 36.3 Å². The number of aliphatic imine (C=N–C) groups is 1. The fourth-order valence-electron chi connectivity index (χ4n) is 4.90. The smallest absolute Gasteiger partial charge is 0.322 e. The van der Waals surface area contributed by atoms with Gasteiger partial charge in [-0.05, 0) is 36.3 Å². The van der Waals surface area contributed by atoms with Gasteiger partial charge in [0.25, 0.3) is 5.91 Å². The number of ether oxygens (including phenoxy) is 1. The first kappa shape index (κ1) is 24.4. The van der Waals surface area contributed by atoms with E-state index in [1.807, 2.05) is 19.1 Å². The first-order chi connectivity index (χ1) is 17.8. The quantitative estimate of drug-likeness (QED) is 0.536. The lowest BCUT2D eigenvalue weighted by Crippen LogP contribution is -2.53. The lowest BCUT2D eigenvalue weighted by atomic mass is 9.91. The number of urea groups is 1. The van der Waals surface area contributed by atoms with Crippen molar-refractivity contribution in [1.82, 2.24) is 15.5 Å². The van der Waals surface area contributed by atoms with Crippen LogP contribution in [0.4, 0.5) is 10.5 Å². The molecule has 192 valence electrons. The van der Waals surface area contributed by atoms with Crippen LogP contribution in [0.5, 0.6) is 5.75 Å². The normalized spacial score (nSPS) is 23.8. The van der Waals surface area contributed by atoms with Crippen LogP contribution in [-0.2, 0) is 26.3 Å².